The van der Waals surface area contributed by atoms with Crippen LogP contribution in [0.2, 0.25) is 0 Å². The molecule has 0 bridgehead atoms. The molecule has 0 aromatic rings. The Morgan fingerprint density at radius 3 is 3.00 bits per heavy atom. The summed E-state index contributed by atoms with van der Waals surface area (Å²) in [6, 6.07) is 1.90. The first-order chi connectivity index (χ1) is 5.22. The van der Waals surface area contributed by atoms with Gasteiger partial charge in [0.25, 0.3) is 0 Å². The monoisotopic (exact) mass is 153 g/mol. The molecule has 0 aromatic heterocycles. The molecule has 1 rings (SSSR count). The summed E-state index contributed by atoms with van der Waals surface area (Å²) in [6.07, 6.45) is 1.05. The Morgan fingerprint density at radius 2 is 2.64 bits per heavy atom. The van der Waals surface area contributed by atoms with Crippen molar-refractivity contribution in [3.63, 3.8) is 0 Å². The second kappa shape index (κ2) is 2.72. The van der Waals surface area contributed by atoms with E-state index in [1.165, 1.54) is 0 Å². The summed E-state index contributed by atoms with van der Waals surface area (Å²) >= 11 is 0. The number of esters is 1. The molecule has 0 radical (unpaired) electrons. The Kier molecular flexibility index (Phi) is 1.92. The fraction of sp³-hybridized carbons (Fsp3) is 0.429. The molecular formula is C7H7NO3. The maximum atomic E-state index is 10.5. The lowest BCUT2D eigenvalue weighted by Crippen LogP contribution is -2.18. The lowest BCUT2D eigenvalue weighted by atomic mass is 10.2. The van der Waals surface area contributed by atoms with Crippen LogP contribution in [0.15, 0.2) is 12.7 Å². The largest absolute Gasteiger partial charge is 0.458 e. The maximum absolute atomic E-state index is 10.5. The van der Waals surface area contributed by atoms with Crippen molar-refractivity contribution in [1.82, 2.24) is 0 Å². The van der Waals surface area contributed by atoms with Crippen LogP contribution in [0.1, 0.15) is 0 Å². The minimum absolute atomic E-state index is 0.00560. The Morgan fingerprint density at radius 1 is 2.00 bits per heavy atom. The SMILES string of the molecule is C=CC(=O)OCC1(C#N)CO1. The first kappa shape index (κ1) is 7.76. The Hall–Kier alpha value is -1.34. The highest BCUT2D eigenvalue weighted by Crippen LogP contribution is 2.25. The van der Waals surface area contributed by atoms with Gasteiger partial charge in [0.05, 0.1) is 6.61 Å². The molecule has 1 aliphatic rings. The molecule has 1 atom stereocenters. The minimum atomic E-state index is -0.862. The van der Waals surface area contributed by atoms with Crippen molar-refractivity contribution in [2.24, 2.45) is 0 Å². The maximum Gasteiger partial charge on any atom is 0.330 e. The molecule has 4 heteroatoms. The molecule has 0 amide bonds. The van der Waals surface area contributed by atoms with Gasteiger partial charge in [0.15, 0.2) is 0 Å². The summed E-state index contributed by atoms with van der Waals surface area (Å²) in [7, 11) is 0. The van der Waals surface area contributed by atoms with E-state index in [-0.39, 0.29) is 6.61 Å². The Bertz CT molecular complexity index is 224. The first-order valence-corrected chi connectivity index (χ1v) is 3.07. The number of carbonyl (C=O) groups is 1. The average Bonchev–Trinajstić information content (AvgIpc) is 2.81. The third-order valence-electron chi connectivity index (χ3n) is 1.31. The van der Waals surface area contributed by atoms with Gasteiger partial charge in [0, 0.05) is 6.08 Å². The van der Waals surface area contributed by atoms with Crippen LogP contribution in [-0.4, -0.2) is 24.8 Å². The molecule has 1 heterocycles. The van der Waals surface area contributed by atoms with Gasteiger partial charge >= 0.3 is 5.97 Å². The van der Waals surface area contributed by atoms with Crippen molar-refractivity contribution in [1.29, 1.82) is 5.26 Å². The van der Waals surface area contributed by atoms with Crippen molar-refractivity contribution >= 4 is 5.97 Å². The predicted molar refractivity (Wildman–Crippen MR) is 35.5 cm³/mol. The lowest BCUT2D eigenvalue weighted by Gasteiger charge is -2.01. The molecule has 0 saturated carbocycles. The summed E-state index contributed by atoms with van der Waals surface area (Å²) in [5.74, 6) is -0.532. The van der Waals surface area contributed by atoms with E-state index in [1.54, 1.807) is 0 Å². The van der Waals surface area contributed by atoms with Gasteiger partial charge in [-0.2, -0.15) is 5.26 Å². The van der Waals surface area contributed by atoms with Crippen molar-refractivity contribution in [2.75, 3.05) is 13.2 Å². The average molecular weight is 153 g/mol. The first-order valence-electron chi connectivity index (χ1n) is 3.07. The summed E-state index contributed by atoms with van der Waals surface area (Å²) in [6.45, 7) is 3.54. The van der Waals surface area contributed by atoms with Gasteiger partial charge in [-0.3, -0.25) is 0 Å². The number of nitriles is 1. The van der Waals surface area contributed by atoms with Crippen molar-refractivity contribution in [2.45, 2.75) is 5.60 Å². The number of nitrogens with zero attached hydrogens (tertiary/aromatic N) is 1. The smallest absolute Gasteiger partial charge is 0.330 e. The summed E-state index contributed by atoms with van der Waals surface area (Å²) in [4.78, 5) is 10.5. The molecule has 0 aromatic carbocycles. The molecular weight excluding hydrogens is 146 g/mol. The van der Waals surface area contributed by atoms with Crippen LogP contribution >= 0.6 is 0 Å². The van der Waals surface area contributed by atoms with E-state index in [9.17, 15) is 4.79 Å². The van der Waals surface area contributed by atoms with E-state index in [0.717, 1.165) is 6.08 Å². The zero-order chi connectivity index (χ0) is 8.32. The Balaban J connectivity index is 2.28. The molecule has 11 heavy (non-hydrogen) atoms. The normalized spacial score (nSPS) is 26.8. The van der Waals surface area contributed by atoms with Gasteiger partial charge < -0.3 is 9.47 Å². The lowest BCUT2D eigenvalue weighted by molar-refractivity contribution is -0.138. The van der Waals surface area contributed by atoms with Crippen molar-refractivity contribution in [3.8, 4) is 6.07 Å². The van der Waals surface area contributed by atoms with Gasteiger partial charge in [-0.05, 0) is 0 Å². The van der Waals surface area contributed by atoms with Crippen molar-refractivity contribution in [3.05, 3.63) is 12.7 Å². The van der Waals surface area contributed by atoms with Crippen LogP contribution in [-0.2, 0) is 14.3 Å². The molecule has 0 N–H and O–H groups in total. The molecule has 1 unspecified atom stereocenters. The van der Waals surface area contributed by atoms with E-state index in [4.69, 9.17) is 10.00 Å². The van der Waals surface area contributed by atoms with Crippen LogP contribution in [0.3, 0.4) is 0 Å². The number of hydrogen-bond acceptors (Lipinski definition) is 4. The van der Waals surface area contributed by atoms with Gasteiger partial charge in [0.1, 0.15) is 12.7 Å². The second-order valence-corrected chi connectivity index (χ2v) is 2.21. The molecule has 58 valence electrons. The number of carbonyl (C=O) groups excluding carboxylic acids is 1. The van der Waals surface area contributed by atoms with Gasteiger partial charge in [-0.15, -0.1) is 0 Å². The summed E-state index contributed by atoms with van der Waals surface area (Å²) < 4.78 is 9.37. The standard InChI is InChI=1S/C7H7NO3/c1-2-6(9)10-4-7(3-8)5-11-7/h2H,1,4-5H2. The van der Waals surface area contributed by atoms with Gasteiger partial charge in [-0.25, -0.2) is 4.79 Å². The number of hydrogen-bond donors (Lipinski definition) is 0. The number of ether oxygens (including phenoxy) is 2. The van der Waals surface area contributed by atoms with Crippen LogP contribution in [0.25, 0.3) is 0 Å². The van der Waals surface area contributed by atoms with Gasteiger partial charge in [0.2, 0.25) is 5.60 Å². The minimum Gasteiger partial charge on any atom is -0.458 e. The molecule has 1 aliphatic heterocycles. The van der Waals surface area contributed by atoms with E-state index in [0.29, 0.717) is 6.61 Å². The second-order valence-electron chi connectivity index (χ2n) is 2.21. The molecule has 4 nitrogen and oxygen atoms in total. The van der Waals surface area contributed by atoms with E-state index in [1.807, 2.05) is 6.07 Å². The quantitative estimate of drug-likeness (QED) is 0.325. The van der Waals surface area contributed by atoms with Crippen LogP contribution < -0.4 is 0 Å². The fourth-order valence-electron chi connectivity index (χ4n) is 0.514. The summed E-state index contributed by atoms with van der Waals surface area (Å²) in [5.41, 5.74) is -0.862. The highest BCUT2D eigenvalue weighted by molar-refractivity contribution is 5.81. The summed E-state index contributed by atoms with van der Waals surface area (Å²) in [5, 5.41) is 8.45. The Labute approximate surface area is 64.0 Å². The number of epoxide rings is 1. The topological polar surface area (TPSA) is 62.6 Å². The highest BCUT2D eigenvalue weighted by Gasteiger charge is 2.46. The van der Waals surface area contributed by atoms with E-state index >= 15 is 0 Å². The zero-order valence-electron chi connectivity index (χ0n) is 5.87. The van der Waals surface area contributed by atoms with Crippen LogP contribution in [0, 0.1) is 11.3 Å². The fourth-order valence-corrected chi connectivity index (χ4v) is 0.514. The van der Waals surface area contributed by atoms with E-state index in [2.05, 4.69) is 11.3 Å². The predicted octanol–water partition coefficient (Wildman–Crippen LogP) is 0.00818. The number of rotatable bonds is 3. The molecule has 1 fully saturated rings. The third kappa shape index (κ3) is 1.79. The van der Waals surface area contributed by atoms with Crippen LogP contribution in [0.4, 0.5) is 0 Å². The van der Waals surface area contributed by atoms with E-state index < -0.39 is 11.6 Å². The van der Waals surface area contributed by atoms with Gasteiger partial charge in [-0.1, -0.05) is 6.58 Å². The van der Waals surface area contributed by atoms with Crippen molar-refractivity contribution < 1.29 is 14.3 Å². The molecule has 0 aliphatic carbocycles. The van der Waals surface area contributed by atoms with Crippen LogP contribution in [0.5, 0.6) is 0 Å². The molecule has 0 spiro atoms. The highest BCUT2D eigenvalue weighted by atomic mass is 16.6. The zero-order valence-corrected chi connectivity index (χ0v) is 5.87. The molecule has 1 saturated heterocycles. The third-order valence-corrected chi connectivity index (χ3v) is 1.31.